The second-order valence-electron chi connectivity index (χ2n) is 4.22. The number of fused-ring (bicyclic) bond motifs is 1. The molecule has 2 heterocycles. The third-order valence-corrected chi connectivity index (χ3v) is 3.17. The van der Waals surface area contributed by atoms with Gasteiger partial charge in [-0.2, -0.15) is 0 Å². The summed E-state index contributed by atoms with van der Waals surface area (Å²) >= 11 is 0. The summed E-state index contributed by atoms with van der Waals surface area (Å²) in [5, 5.41) is 0. The molecule has 0 spiro atoms. The summed E-state index contributed by atoms with van der Waals surface area (Å²) < 4.78 is 21.5. The van der Waals surface area contributed by atoms with Crippen molar-refractivity contribution in [2.45, 2.75) is 18.9 Å². The summed E-state index contributed by atoms with van der Waals surface area (Å²) in [4.78, 5) is 0. The quantitative estimate of drug-likeness (QED) is 0.728. The SMILES string of the molecule is CC1(c2ccc3c(c2)OCO3)CCOCO1. The summed E-state index contributed by atoms with van der Waals surface area (Å²) in [7, 11) is 0. The zero-order valence-corrected chi connectivity index (χ0v) is 9.19. The maximum Gasteiger partial charge on any atom is 0.231 e. The van der Waals surface area contributed by atoms with E-state index in [-0.39, 0.29) is 5.60 Å². The number of hydrogen-bond donors (Lipinski definition) is 0. The van der Waals surface area contributed by atoms with Gasteiger partial charge in [0.05, 0.1) is 12.2 Å². The van der Waals surface area contributed by atoms with Gasteiger partial charge >= 0.3 is 0 Å². The van der Waals surface area contributed by atoms with E-state index in [0.29, 0.717) is 13.6 Å². The third-order valence-electron chi connectivity index (χ3n) is 3.17. The summed E-state index contributed by atoms with van der Waals surface area (Å²) in [6.07, 6.45) is 0.854. The zero-order valence-electron chi connectivity index (χ0n) is 9.19. The minimum Gasteiger partial charge on any atom is -0.454 e. The molecule has 0 aromatic heterocycles. The summed E-state index contributed by atoms with van der Waals surface area (Å²) in [6.45, 7) is 3.46. The zero-order chi connectivity index (χ0) is 11.0. The van der Waals surface area contributed by atoms with E-state index in [4.69, 9.17) is 18.9 Å². The first kappa shape index (κ1) is 9.93. The van der Waals surface area contributed by atoms with Gasteiger partial charge in [-0.1, -0.05) is 6.07 Å². The molecule has 0 radical (unpaired) electrons. The van der Waals surface area contributed by atoms with Crippen LogP contribution >= 0.6 is 0 Å². The predicted molar refractivity (Wildman–Crippen MR) is 56.4 cm³/mol. The fourth-order valence-electron chi connectivity index (χ4n) is 2.02. The third kappa shape index (κ3) is 1.54. The fraction of sp³-hybridized carbons (Fsp3) is 0.500. The Labute approximate surface area is 94.1 Å². The van der Waals surface area contributed by atoms with E-state index in [1.54, 1.807) is 0 Å². The largest absolute Gasteiger partial charge is 0.454 e. The van der Waals surface area contributed by atoms with E-state index in [1.807, 2.05) is 18.2 Å². The van der Waals surface area contributed by atoms with Gasteiger partial charge in [0.2, 0.25) is 6.79 Å². The van der Waals surface area contributed by atoms with Gasteiger partial charge in [-0.15, -0.1) is 0 Å². The molecule has 1 aromatic rings. The predicted octanol–water partition coefficient (Wildman–Crippen LogP) is 2.02. The lowest BCUT2D eigenvalue weighted by molar-refractivity contribution is -0.191. The van der Waals surface area contributed by atoms with Crippen molar-refractivity contribution in [3.8, 4) is 11.5 Å². The van der Waals surface area contributed by atoms with E-state index in [1.165, 1.54) is 0 Å². The highest BCUT2D eigenvalue weighted by molar-refractivity contribution is 5.46. The van der Waals surface area contributed by atoms with Crippen LogP contribution in [0.5, 0.6) is 11.5 Å². The lowest BCUT2D eigenvalue weighted by Crippen LogP contribution is -2.33. The Bertz CT molecular complexity index is 396. The van der Waals surface area contributed by atoms with Crippen LogP contribution in [0.15, 0.2) is 18.2 Å². The van der Waals surface area contributed by atoms with Crippen LogP contribution in [0, 0.1) is 0 Å². The lowest BCUT2D eigenvalue weighted by atomic mass is 9.92. The van der Waals surface area contributed by atoms with Crippen LogP contribution in [-0.4, -0.2) is 20.2 Å². The van der Waals surface area contributed by atoms with Gasteiger partial charge in [-0.05, 0) is 24.6 Å². The molecular formula is C12H14O4. The highest BCUT2D eigenvalue weighted by Gasteiger charge is 2.31. The van der Waals surface area contributed by atoms with Crippen LogP contribution in [0.25, 0.3) is 0 Å². The molecule has 2 aliphatic heterocycles. The summed E-state index contributed by atoms with van der Waals surface area (Å²) in [5.41, 5.74) is 0.833. The Morgan fingerprint density at radius 3 is 2.81 bits per heavy atom. The smallest absolute Gasteiger partial charge is 0.231 e. The number of rotatable bonds is 1. The first-order valence-electron chi connectivity index (χ1n) is 5.40. The van der Waals surface area contributed by atoms with Gasteiger partial charge in [0.15, 0.2) is 11.5 Å². The van der Waals surface area contributed by atoms with Crippen LogP contribution in [-0.2, 0) is 15.1 Å². The fourth-order valence-corrected chi connectivity index (χ4v) is 2.02. The Kier molecular flexibility index (Phi) is 2.26. The van der Waals surface area contributed by atoms with Gasteiger partial charge in [0.1, 0.15) is 6.79 Å². The highest BCUT2D eigenvalue weighted by Crippen LogP contribution is 2.39. The van der Waals surface area contributed by atoms with Crippen molar-refractivity contribution in [1.29, 1.82) is 0 Å². The van der Waals surface area contributed by atoms with Crippen molar-refractivity contribution >= 4 is 0 Å². The molecule has 1 saturated heterocycles. The first-order valence-corrected chi connectivity index (χ1v) is 5.40. The second-order valence-corrected chi connectivity index (χ2v) is 4.22. The summed E-state index contributed by atoms with van der Waals surface area (Å²) in [5.74, 6) is 1.60. The lowest BCUT2D eigenvalue weighted by Gasteiger charge is -2.34. The van der Waals surface area contributed by atoms with Crippen molar-refractivity contribution < 1.29 is 18.9 Å². The van der Waals surface area contributed by atoms with Crippen molar-refractivity contribution in [1.82, 2.24) is 0 Å². The van der Waals surface area contributed by atoms with Gasteiger partial charge in [0.25, 0.3) is 0 Å². The standard InChI is InChI=1S/C12H14O4/c1-12(4-5-13-7-16-12)9-2-3-10-11(6-9)15-8-14-10/h2-3,6H,4-5,7-8H2,1H3. The normalized spacial score (nSPS) is 28.1. The maximum absolute atomic E-state index is 5.69. The molecule has 0 aliphatic carbocycles. The monoisotopic (exact) mass is 222 g/mol. The molecule has 0 bridgehead atoms. The van der Waals surface area contributed by atoms with Crippen molar-refractivity contribution in [2.24, 2.45) is 0 Å². The molecule has 1 aromatic carbocycles. The van der Waals surface area contributed by atoms with Crippen LogP contribution in [0.1, 0.15) is 18.9 Å². The molecule has 4 nitrogen and oxygen atoms in total. The Morgan fingerprint density at radius 2 is 2.00 bits per heavy atom. The van der Waals surface area contributed by atoms with Gasteiger partial charge < -0.3 is 18.9 Å². The van der Waals surface area contributed by atoms with Gasteiger partial charge in [-0.25, -0.2) is 0 Å². The van der Waals surface area contributed by atoms with Gasteiger partial charge in [0, 0.05) is 6.42 Å². The second kappa shape index (κ2) is 3.64. The molecule has 1 fully saturated rings. The molecule has 0 amide bonds. The highest BCUT2D eigenvalue weighted by atomic mass is 16.7. The molecule has 16 heavy (non-hydrogen) atoms. The molecule has 1 unspecified atom stereocenters. The molecule has 4 heteroatoms. The molecule has 86 valence electrons. The number of hydrogen-bond acceptors (Lipinski definition) is 4. The molecule has 2 aliphatic rings. The number of ether oxygens (including phenoxy) is 4. The molecule has 3 rings (SSSR count). The van der Waals surface area contributed by atoms with E-state index in [0.717, 1.165) is 30.1 Å². The van der Waals surface area contributed by atoms with Crippen LogP contribution in [0.4, 0.5) is 0 Å². The van der Waals surface area contributed by atoms with E-state index < -0.39 is 0 Å². The first-order chi connectivity index (χ1) is 7.78. The maximum atomic E-state index is 5.69. The van der Waals surface area contributed by atoms with E-state index >= 15 is 0 Å². The summed E-state index contributed by atoms with van der Waals surface area (Å²) in [6, 6.07) is 5.95. The van der Waals surface area contributed by atoms with Crippen LogP contribution < -0.4 is 9.47 Å². The van der Waals surface area contributed by atoms with E-state index in [2.05, 4.69) is 6.92 Å². The van der Waals surface area contributed by atoms with Crippen molar-refractivity contribution in [2.75, 3.05) is 20.2 Å². The van der Waals surface area contributed by atoms with Crippen molar-refractivity contribution in [3.63, 3.8) is 0 Å². The Morgan fingerprint density at radius 1 is 1.12 bits per heavy atom. The molecule has 1 atom stereocenters. The molecular weight excluding hydrogens is 208 g/mol. The van der Waals surface area contributed by atoms with Crippen LogP contribution in [0.3, 0.4) is 0 Å². The van der Waals surface area contributed by atoms with Crippen molar-refractivity contribution in [3.05, 3.63) is 23.8 Å². The minimum atomic E-state index is -0.279. The molecule has 0 N–H and O–H groups in total. The molecule has 0 saturated carbocycles. The van der Waals surface area contributed by atoms with E-state index in [9.17, 15) is 0 Å². The van der Waals surface area contributed by atoms with Crippen LogP contribution in [0.2, 0.25) is 0 Å². The topological polar surface area (TPSA) is 36.9 Å². The average molecular weight is 222 g/mol. The van der Waals surface area contributed by atoms with Gasteiger partial charge in [-0.3, -0.25) is 0 Å². The average Bonchev–Trinajstić information content (AvgIpc) is 2.77. The minimum absolute atomic E-state index is 0.279. The Hall–Kier alpha value is -1.26. The Balaban J connectivity index is 1.93. The number of benzene rings is 1.